The third-order valence-corrected chi connectivity index (χ3v) is 3.03. The lowest BCUT2D eigenvalue weighted by Crippen LogP contribution is -2.22. The predicted octanol–water partition coefficient (Wildman–Crippen LogP) is 3.47. The van der Waals surface area contributed by atoms with E-state index in [-0.39, 0.29) is 5.54 Å². The molecule has 0 atom stereocenters. The van der Waals surface area contributed by atoms with Crippen molar-refractivity contribution in [2.24, 2.45) is 0 Å². The molecule has 0 aliphatic rings. The highest BCUT2D eigenvalue weighted by atomic mass is 35.5. The zero-order valence-corrected chi connectivity index (χ0v) is 11.8. The van der Waals surface area contributed by atoms with Crippen LogP contribution in [0.15, 0.2) is 30.6 Å². The zero-order chi connectivity index (χ0) is 13.2. The second-order valence-electron chi connectivity index (χ2n) is 5.40. The number of rotatable bonds is 3. The monoisotopic (exact) mass is 263 g/mol. The van der Waals surface area contributed by atoms with E-state index in [2.05, 4.69) is 30.9 Å². The van der Waals surface area contributed by atoms with Crippen molar-refractivity contribution in [1.82, 2.24) is 14.8 Å². The molecule has 4 heteroatoms. The van der Waals surface area contributed by atoms with Gasteiger partial charge >= 0.3 is 0 Å². The van der Waals surface area contributed by atoms with Crippen molar-refractivity contribution in [3.8, 4) is 0 Å². The summed E-state index contributed by atoms with van der Waals surface area (Å²) in [5.41, 5.74) is 1.25. The second kappa shape index (κ2) is 5.11. The number of aromatic nitrogens is 3. The van der Waals surface area contributed by atoms with Crippen LogP contribution >= 0.6 is 11.6 Å². The summed E-state index contributed by atoms with van der Waals surface area (Å²) in [6.07, 6.45) is 3.59. The van der Waals surface area contributed by atoms with Gasteiger partial charge in [-0.05, 0) is 44.9 Å². The van der Waals surface area contributed by atoms with E-state index < -0.39 is 0 Å². The molecule has 0 aliphatic heterocycles. The van der Waals surface area contributed by atoms with E-state index in [9.17, 15) is 0 Å². The maximum Gasteiger partial charge on any atom is 0.150 e. The van der Waals surface area contributed by atoms with Gasteiger partial charge in [-0.25, -0.2) is 9.67 Å². The van der Waals surface area contributed by atoms with Crippen molar-refractivity contribution >= 4 is 11.6 Å². The average molecular weight is 264 g/mol. The van der Waals surface area contributed by atoms with Crippen molar-refractivity contribution in [1.29, 1.82) is 0 Å². The summed E-state index contributed by atoms with van der Waals surface area (Å²) >= 11 is 5.85. The Morgan fingerprint density at radius 3 is 2.33 bits per heavy atom. The van der Waals surface area contributed by atoms with Gasteiger partial charge in [0.25, 0.3) is 0 Å². The molecule has 1 aromatic heterocycles. The molecule has 0 fully saturated rings. The van der Waals surface area contributed by atoms with Gasteiger partial charge in [-0.1, -0.05) is 23.7 Å². The molecule has 0 saturated carbocycles. The van der Waals surface area contributed by atoms with Crippen LogP contribution in [-0.4, -0.2) is 14.8 Å². The van der Waals surface area contributed by atoms with Crippen LogP contribution in [0.1, 0.15) is 32.2 Å². The Labute approximate surface area is 113 Å². The Morgan fingerprint density at radius 2 is 1.78 bits per heavy atom. The Hall–Kier alpha value is -1.35. The van der Waals surface area contributed by atoms with Gasteiger partial charge < -0.3 is 0 Å². The largest absolute Gasteiger partial charge is 0.247 e. The van der Waals surface area contributed by atoms with Gasteiger partial charge in [-0.3, -0.25) is 0 Å². The fourth-order valence-electron chi connectivity index (χ4n) is 1.64. The first-order chi connectivity index (χ1) is 8.45. The predicted molar refractivity (Wildman–Crippen MR) is 73.9 cm³/mol. The molecule has 0 saturated heterocycles. The molecule has 1 aromatic carbocycles. The van der Waals surface area contributed by atoms with E-state index in [1.54, 1.807) is 6.33 Å². The molecule has 2 rings (SSSR count). The molecule has 0 aliphatic carbocycles. The highest BCUT2D eigenvalue weighted by molar-refractivity contribution is 6.30. The summed E-state index contributed by atoms with van der Waals surface area (Å²) in [7, 11) is 0. The summed E-state index contributed by atoms with van der Waals surface area (Å²) < 4.78 is 1.91. The summed E-state index contributed by atoms with van der Waals surface area (Å²) in [6.45, 7) is 6.35. The molecule has 96 valence electrons. The third-order valence-electron chi connectivity index (χ3n) is 2.78. The standard InChI is InChI=1S/C14H18ClN3/c1-14(2,3)18-10-16-13(17-18)9-6-11-4-7-12(15)8-5-11/h4-5,7-8,10H,6,9H2,1-3H3. The maximum absolute atomic E-state index is 5.85. The first-order valence-corrected chi connectivity index (χ1v) is 6.48. The smallest absolute Gasteiger partial charge is 0.150 e. The van der Waals surface area contributed by atoms with Crippen LogP contribution in [0.5, 0.6) is 0 Å². The topological polar surface area (TPSA) is 30.7 Å². The number of hydrogen-bond donors (Lipinski definition) is 0. The molecule has 18 heavy (non-hydrogen) atoms. The molecular weight excluding hydrogens is 246 g/mol. The van der Waals surface area contributed by atoms with Crippen molar-refractivity contribution in [3.63, 3.8) is 0 Å². The number of benzene rings is 1. The van der Waals surface area contributed by atoms with E-state index >= 15 is 0 Å². The van der Waals surface area contributed by atoms with Crippen molar-refractivity contribution in [2.45, 2.75) is 39.2 Å². The van der Waals surface area contributed by atoms with Crippen molar-refractivity contribution in [2.75, 3.05) is 0 Å². The lowest BCUT2D eigenvalue weighted by Gasteiger charge is -2.17. The normalized spacial score (nSPS) is 11.8. The number of nitrogens with zero attached hydrogens (tertiary/aromatic N) is 3. The van der Waals surface area contributed by atoms with Gasteiger partial charge in [0.15, 0.2) is 5.82 Å². The first kappa shape index (κ1) is 13.1. The molecule has 0 unspecified atom stereocenters. The average Bonchev–Trinajstić information content (AvgIpc) is 2.77. The zero-order valence-electron chi connectivity index (χ0n) is 11.0. The van der Waals surface area contributed by atoms with E-state index in [1.165, 1.54) is 5.56 Å². The lowest BCUT2D eigenvalue weighted by atomic mass is 10.1. The Bertz CT molecular complexity index is 509. The summed E-state index contributed by atoms with van der Waals surface area (Å²) in [6, 6.07) is 7.92. The molecule has 0 bridgehead atoms. The molecule has 2 aromatic rings. The van der Waals surface area contributed by atoms with Gasteiger partial charge in [0.1, 0.15) is 6.33 Å². The highest BCUT2D eigenvalue weighted by Gasteiger charge is 2.14. The summed E-state index contributed by atoms with van der Waals surface area (Å²) in [5, 5.41) is 5.27. The maximum atomic E-state index is 5.85. The summed E-state index contributed by atoms with van der Waals surface area (Å²) in [4.78, 5) is 4.34. The van der Waals surface area contributed by atoms with Gasteiger partial charge in [0.05, 0.1) is 5.54 Å². The molecule has 3 nitrogen and oxygen atoms in total. The Balaban J connectivity index is 1.98. The number of aryl methyl sites for hydroxylation is 2. The molecule has 0 N–H and O–H groups in total. The van der Waals surface area contributed by atoms with Gasteiger partial charge in [0, 0.05) is 11.4 Å². The number of hydrogen-bond acceptors (Lipinski definition) is 2. The molecule has 1 heterocycles. The van der Waals surface area contributed by atoms with Crippen molar-refractivity contribution in [3.05, 3.63) is 47.0 Å². The van der Waals surface area contributed by atoms with Gasteiger partial charge in [0.2, 0.25) is 0 Å². The van der Waals surface area contributed by atoms with Crippen LogP contribution in [0.4, 0.5) is 0 Å². The Morgan fingerprint density at radius 1 is 1.11 bits per heavy atom. The SMILES string of the molecule is CC(C)(C)n1cnc(CCc2ccc(Cl)cc2)n1. The van der Waals surface area contributed by atoms with Crippen LogP contribution in [0, 0.1) is 0 Å². The van der Waals surface area contributed by atoms with Crippen LogP contribution in [0.3, 0.4) is 0 Å². The third kappa shape index (κ3) is 3.33. The lowest BCUT2D eigenvalue weighted by molar-refractivity contribution is 0.352. The number of halogens is 1. The quantitative estimate of drug-likeness (QED) is 0.849. The minimum Gasteiger partial charge on any atom is -0.247 e. The Kier molecular flexibility index (Phi) is 3.71. The van der Waals surface area contributed by atoms with Crippen LogP contribution in [0.25, 0.3) is 0 Å². The molecule has 0 amide bonds. The van der Waals surface area contributed by atoms with Gasteiger partial charge in [-0.2, -0.15) is 5.10 Å². The van der Waals surface area contributed by atoms with Crippen LogP contribution < -0.4 is 0 Å². The van der Waals surface area contributed by atoms with E-state index in [1.807, 2.05) is 28.9 Å². The minimum atomic E-state index is -0.00841. The van der Waals surface area contributed by atoms with Gasteiger partial charge in [-0.15, -0.1) is 0 Å². The molecular formula is C14H18ClN3. The molecule has 0 spiro atoms. The molecule has 0 radical (unpaired) electrons. The first-order valence-electron chi connectivity index (χ1n) is 6.10. The van der Waals surface area contributed by atoms with Crippen molar-refractivity contribution < 1.29 is 0 Å². The highest BCUT2D eigenvalue weighted by Crippen LogP contribution is 2.13. The van der Waals surface area contributed by atoms with E-state index in [0.29, 0.717) is 0 Å². The van der Waals surface area contributed by atoms with E-state index in [4.69, 9.17) is 11.6 Å². The fraction of sp³-hybridized carbons (Fsp3) is 0.429. The van der Waals surface area contributed by atoms with E-state index in [0.717, 1.165) is 23.7 Å². The van der Waals surface area contributed by atoms with Crippen LogP contribution in [0.2, 0.25) is 5.02 Å². The second-order valence-corrected chi connectivity index (χ2v) is 5.84. The van der Waals surface area contributed by atoms with Crippen LogP contribution in [-0.2, 0) is 18.4 Å². The summed E-state index contributed by atoms with van der Waals surface area (Å²) in [5.74, 6) is 0.889. The minimum absolute atomic E-state index is 0.00841. The fourth-order valence-corrected chi connectivity index (χ4v) is 1.77.